The van der Waals surface area contributed by atoms with E-state index in [0.29, 0.717) is 23.5 Å². The van der Waals surface area contributed by atoms with E-state index in [4.69, 9.17) is 10.1 Å². The van der Waals surface area contributed by atoms with Crippen molar-refractivity contribution in [3.05, 3.63) is 64.7 Å². The molecule has 27 heavy (non-hydrogen) atoms. The number of alkyl halides is 3. The second-order valence-electron chi connectivity index (χ2n) is 5.94. The zero-order valence-corrected chi connectivity index (χ0v) is 14.6. The molecule has 0 heterocycles. The van der Waals surface area contributed by atoms with Gasteiger partial charge in [0.05, 0.1) is 11.7 Å². The molecule has 0 spiro atoms. The average Bonchev–Trinajstić information content (AvgIpc) is 2.60. The number of carbonyl (C=O) groups is 2. The van der Waals surface area contributed by atoms with Crippen LogP contribution in [0.25, 0.3) is 0 Å². The molecule has 0 unspecified atom stereocenters. The number of halogens is 3. The first-order valence-corrected chi connectivity index (χ1v) is 7.95. The van der Waals surface area contributed by atoms with Gasteiger partial charge in [-0.2, -0.15) is 13.2 Å². The largest absolute Gasteiger partial charge is 0.490 e. The molecule has 2 aromatic carbocycles. The lowest BCUT2D eigenvalue weighted by Gasteiger charge is -2.17. The molecule has 0 saturated carbocycles. The number of hydrogen-bond acceptors (Lipinski definition) is 4. The van der Waals surface area contributed by atoms with Crippen molar-refractivity contribution in [3.63, 3.8) is 0 Å². The summed E-state index contributed by atoms with van der Waals surface area (Å²) in [6.45, 7) is 3.19. The Balaban J connectivity index is 2.24. The molecule has 2 rings (SSSR count). The van der Waals surface area contributed by atoms with Crippen LogP contribution in [0.15, 0.2) is 42.5 Å². The fourth-order valence-electron chi connectivity index (χ4n) is 2.24. The summed E-state index contributed by atoms with van der Waals surface area (Å²) < 4.78 is 44.9. The van der Waals surface area contributed by atoms with Gasteiger partial charge in [-0.25, -0.2) is 0 Å². The average molecular weight is 378 g/mol. The minimum Gasteiger partial charge on any atom is -0.490 e. The number of amidine groups is 1. The molecule has 142 valence electrons. The van der Waals surface area contributed by atoms with E-state index in [1.54, 1.807) is 13.8 Å². The monoisotopic (exact) mass is 378 g/mol. The van der Waals surface area contributed by atoms with Crippen LogP contribution in [-0.4, -0.2) is 24.1 Å². The molecule has 0 aliphatic carbocycles. The summed E-state index contributed by atoms with van der Waals surface area (Å²) in [6, 6.07) is 8.80. The molecular weight excluding hydrogens is 361 g/mol. The molecule has 8 heteroatoms. The minimum absolute atomic E-state index is 0.257. The molecule has 2 N–H and O–H groups in total. The van der Waals surface area contributed by atoms with E-state index in [9.17, 15) is 22.8 Å². The molecule has 0 fully saturated rings. The number of nitrogens with one attached hydrogen (secondary N) is 2. The number of carbonyl (C=O) groups excluding carboxylic acids is 2. The Labute approximate surface area is 153 Å². The highest BCUT2D eigenvalue weighted by molar-refractivity contribution is 6.11. The molecule has 2 aromatic rings. The van der Waals surface area contributed by atoms with Gasteiger partial charge in [-0.15, -0.1) is 0 Å². The van der Waals surface area contributed by atoms with Gasteiger partial charge in [-0.1, -0.05) is 24.3 Å². The van der Waals surface area contributed by atoms with Crippen LogP contribution in [0.3, 0.4) is 0 Å². The third-order valence-corrected chi connectivity index (χ3v) is 3.48. The van der Waals surface area contributed by atoms with E-state index in [1.165, 1.54) is 30.3 Å². The molecule has 0 saturated heterocycles. The lowest BCUT2D eigenvalue weighted by molar-refractivity contribution is -0.139. The maximum absolute atomic E-state index is 13.3. The van der Waals surface area contributed by atoms with Crippen molar-refractivity contribution >= 4 is 18.0 Å². The zero-order valence-electron chi connectivity index (χ0n) is 14.6. The van der Waals surface area contributed by atoms with Crippen molar-refractivity contribution in [2.75, 3.05) is 0 Å². The minimum atomic E-state index is -4.70. The second-order valence-corrected chi connectivity index (χ2v) is 5.94. The Hall–Kier alpha value is -3.16. The first kappa shape index (κ1) is 20.2. The van der Waals surface area contributed by atoms with Gasteiger partial charge in [0.15, 0.2) is 0 Å². The summed E-state index contributed by atoms with van der Waals surface area (Å²) in [6.07, 6.45) is -4.53. The fraction of sp³-hybridized carbons (Fsp3) is 0.211. The Morgan fingerprint density at radius 1 is 1.11 bits per heavy atom. The summed E-state index contributed by atoms with van der Waals surface area (Å²) in [7, 11) is 0. The zero-order chi connectivity index (χ0) is 20.2. The maximum Gasteiger partial charge on any atom is 0.419 e. The van der Waals surface area contributed by atoms with Crippen LogP contribution in [0.5, 0.6) is 5.75 Å². The van der Waals surface area contributed by atoms with Crippen LogP contribution in [0, 0.1) is 5.41 Å². The summed E-state index contributed by atoms with van der Waals surface area (Å²) in [5.41, 5.74) is -0.614. The summed E-state index contributed by atoms with van der Waals surface area (Å²) >= 11 is 0. The fourth-order valence-corrected chi connectivity index (χ4v) is 2.24. The van der Waals surface area contributed by atoms with E-state index in [1.807, 2.05) is 0 Å². The highest BCUT2D eigenvalue weighted by Crippen LogP contribution is 2.37. The molecule has 0 aromatic heterocycles. The predicted molar refractivity (Wildman–Crippen MR) is 93.3 cm³/mol. The topological polar surface area (TPSA) is 79.2 Å². The van der Waals surface area contributed by atoms with Crippen molar-refractivity contribution in [2.24, 2.45) is 0 Å². The van der Waals surface area contributed by atoms with Gasteiger partial charge in [0.1, 0.15) is 17.9 Å². The normalized spacial score (nSPS) is 11.2. The van der Waals surface area contributed by atoms with Crippen LogP contribution in [0.2, 0.25) is 0 Å². The molecule has 1 amide bonds. The van der Waals surface area contributed by atoms with Crippen molar-refractivity contribution in [2.45, 2.75) is 26.1 Å². The van der Waals surface area contributed by atoms with Crippen molar-refractivity contribution in [3.8, 4) is 5.75 Å². The molecule has 0 bridgehead atoms. The molecule has 5 nitrogen and oxygen atoms in total. The Morgan fingerprint density at radius 2 is 1.70 bits per heavy atom. The van der Waals surface area contributed by atoms with Crippen LogP contribution < -0.4 is 10.1 Å². The van der Waals surface area contributed by atoms with Crippen molar-refractivity contribution in [1.82, 2.24) is 5.32 Å². The second kappa shape index (κ2) is 8.03. The van der Waals surface area contributed by atoms with Crippen molar-refractivity contribution in [1.29, 1.82) is 5.41 Å². The lowest BCUT2D eigenvalue weighted by Crippen LogP contribution is -2.30. The predicted octanol–water partition coefficient (Wildman–Crippen LogP) is 4.06. The van der Waals surface area contributed by atoms with Gasteiger partial charge in [0.2, 0.25) is 0 Å². The summed E-state index contributed by atoms with van der Waals surface area (Å²) in [5.74, 6) is -1.52. The van der Waals surface area contributed by atoms with E-state index in [0.717, 1.165) is 6.07 Å². The van der Waals surface area contributed by atoms with Gasteiger partial charge >= 0.3 is 6.18 Å². The SMILES string of the molecule is CC(C)Oc1ccc(C(=O)NC(=N)c2ccc(C=O)cc2)cc1C(F)(F)F. The van der Waals surface area contributed by atoms with Gasteiger partial charge in [0, 0.05) is 16.7 Å². The Bertz CT molecular complexity index is 859. The number of hydrogen-bond donors (Lipinski definition) is 2. The number of rotatable bonds is 5. The third kappa shape index (κ3) is 5.16. The van der Waals surface area contributed by atoms with Crippen molar-refractivity contribution < 1.29 is 27.5 Å². The van der Waals surface area contributed by atoms with E-state index >= 15 is 0 Å². The maximum atomic E-state index is 13.3. The van der Waals surface area contributed by atoms with E-state index < -0.39 is 23.8 Å². The standard InChI is InChI=1S/C19H17F3N2O3/c1-11(2)27-16-8-7-14(9-15(16)19(20,21)22)18(26)24-17(23)13-5-3-12(10-25)4-6-13/h3-11H,1-2H3,(H2,23,24,26). The molecule has 0 aliphatic heterocycles. The molecule has 0 radical (unpaired) electrons. The number of benzene rings is 2. The van der Waals surface area contributed by atoms with Crippen LogP contribution in [-0.2, 0) is 6.18 Å². The van der Waals surface area contributed by atoms with Crippen LogP contribution >= 0.6 is 0 Å². The highest BCUT2D eigenvalue weighted by atomic mass is 19.4. The highest BCUT2D eigenvalue weighted by Gasteiger charge is 2.35. The van der Waals surface area contributed by atoms with E-state index in [2.05, 4.69) is 5.32 Å². The van der Waals surface area contributed by atoms with Gasteiger partial charge in [0.25, 0.3) is 5.91 Å². The van der Waals surface area contributed by atoms with Gasteiger partial charge in [-0.3, -0.25) is 15.0 Å². The Morgan fingerprint density at radius 3 is 2.22 bits per heavy atom. The summed E-state index contributed by atoms with van der Waals surface area (Å²) in [4.78, 5) is 22.9. The van der Waals surface area contributed by atoms with Gasteiger partial charge in [-0.05, 0) is 32.0 Å². The molecular formula is C19H17F3N2O3. The van der Waals surface area contributed by atoms with E-state index in [-0.39, 0.29) is 17.1 Å². The van der Waals surface area contributed by atoms with Crippen LogP contribution in [0.4, 0.5) is 13.2 Å². The smallest absolute Gasteiger partial charge is 0.419 e. The number of amides is 1. The number of aldehydes is 1. The van der Waals surface area contributed by atoms with Crippen LogP contribution in [0.1, 0.15) is 45.7 Å². The first-order valence-electron chi connectivity index (χ1n) is 7.95. The first-order chi connectivity index (χ1) is 12.6. The Kier molecular flexibility index (Phi) is 5.99. The molecule has 0 aliphatic rings. The van der Waals surface area contributed by atoms with Gasteiger partial charge < -0.3 is 10.1 Å². The summed E-state index contributed by atoms with van der Waals surface area (Å²) in [5, 5.41) is 10.1. The number of ether oxygens (including phenoxy) is 1. The lowest BCUT2D eigenvalue weighted by atomic mass is 10.1. The third-order valence-electron chi connectivity index (χ3n) is 3.48. The quantitative estimate of drug-likeness (QED) is 0.468. The molecule has 0 atom stereocenters.